The van der Waals surface area contributed by atoms with Gasteiger partial charge in [0.2, 0.25) is 0 Å². The van der Waals surface area contributed by atoms with Gasteiger partial charge in [0.15, 0.2) is 0 Å². The minimum Gasteiger partial charge on any atom is -0.462 e. The van der Waals surface area contributed by atoms with Crippen molar-refractivity contribution in [1.82, 2.24) is 0 Å². The highest BCUT2D eigenvalue weighted by atomic mass is 35.5. The van der Waals surface area contributed by atoms with Crippen molar-refractivity contribution >= 4 is 29.2 Å². The molecule has 0 bridgehead atoms. The van der Waals surface area contributed by atoms with Crippen molar-refractivity contribution in [2.45, 2.75) is 6.92 Å². The van der Waals surface area contributed by atoms with Crippen LogP contribution in [0.4, 0.5) is 0 Å². The zero-order valence-electron chi connectivity index (χ0n) is 9.14. The van der Waals surface area contributed by atoms with E-state index >= 15 is 0 Å². The predicted molar refractivity (Wildman–Crippen MR) is 63.7 cm³/mol. The zero-order chi connectivity index (χ0) is 12.4. The van der Waals surface area contributed by atoms with Gasteiger partial charge < -0.3 is 4.74 Å². The number of dihydropyridines is 1. The SMILES string of the molecule is CCOC(=O)C1=C(Cl)C2C=CC=CC2=NC1=O. The first kappa shape index (κ1) is 11.8. The van der Waals surface area contributed by atoms with E-state index in [0.717, 1.165) is 0 Å². The van der Waals surface area contributed by atoms with Gasteiger partial charge in [-0.1, -0.05) is 29.8 Å². The Labute approximate surface area is 103 Å². The highest BCUT2D eigenvalue weighted by Gasteiger charge is 2.33. The largest absolute Gasteiger partial charge is 0.462 e. The fourth-order valence-corrected chi connectivity index (χ4v) is 2.01. The molecule has 4 nitrogen and oxygen atoms in total. The van der Waals surface area contributed by atoms with Crippen molar-refractivity contribution in [2.75, 3.05) is 6.61 Å². The fourth-order valence-electron chi connectivity index (χ4n) is 1.67. The van der Waals surface area contributed by atoms with E-state index in [1.807, 2.05) is 0 Å². The normalized spacial score (nSPS) is 22.4. The average molecular weight is 252 g/mol. The van der Waals surface area contributed by atoms with Crippen LogP contribution in [0.3, 0.4) is 0 Å². The summed E-state index contributed by atoms with van der Waals surface area (Å²) in [4.78, 5) is 27.1. The summed E-state index contributed by atoms with van der Waals surface area (Å²) in [6.45, 7) is 1.86. The number of nitrogens with zero attached hydrogens (tertiary/aromatic N) is 1. The van der Waals surface area contributed by atoms with Gasteiger partial charge >= 0.3 is 5.97 Å². The molecule has 1 unspecified atom stereocenters. The molecule has 88 valence electrons. The highest BCUT2D eigenvalue weighted by molar-refractivity contribution is 6.40. The van der Waals surface area contributed by atoms with Gasteiger partial charge in [-0.3, -0.25) is 4.79 Å². The number of halogens is 1. The molecule has 0 saturated carbocycles. The predicted octanol–water partition coefficient (Wildman–Crippen LogP) is 1.77. The number of hydrogen-bond acceptors (Lipinski definition) is 3. The number of hydrogen-bond donors (Lipinski definition) is 0. The van der Waals surface area contributed by atoms with Crippen LogP contribution in [0.1, 0.15) is 6.92 Å². The van der Waals surface area contributed by atoms with E-state index in [4.69, 9.17) is 16.3 Å². The van der Waals surface area contributed by atoms with Gasteiger partial charge in [0.05, 0.1) is 23.3 Å². The zero-order valence-corrected chi connectivity index (χ0v) is 9.90. The molecule has 0 fully saturated rings. The molecule has 17 heavy (non-hydrogen) atoms. The van der Waals surface area contributed by atoms with E-state index in [1.165, 1.54) is 0 Å². The first-order valence-corrected chi connectivity index (χ1v) is 5.57. The summed E-state index contributed by atoms with van der Waals surface area (Å²) in [6, 6.07) is 0. The van der Waals surface area contributed by atoms with Crippen molar-refractivity contribution in [2.24, 2.45) is 10.9 Å². The number of esters is 1. The minimum absolute atomic E-state index is 0.165. The lowest BCUT2D eigenvalue weighted by molar-refractivity contribution is -0.140. The van der Waals surface area contributed by atoms with Crippen molar-refractivity contribution in [1.29, 1.82) is 0 Å². The van der Waals surface area contributed by atoms with Crippen molar-refractivity contribution in [3.8, 4) is 0 Å². The standard InChI is InChI=1S/C12H10ClNO3/c1-2-17-12(16)9-10(13)7-5-3-4-6-8(7)14-11(9)15/h3-7H,2H2,1H3. The van der Waals surface area contributed by atoms with Gasteiger partial charge in [-0.05, 0) is 13.0 Å². The Hall–Kier alpha value is -1.68. The first-order chi connectivity index (χ1) is 8.15. The third kappa shape index (κ3) is 2.08. The fraction of sp³-hybridized carbons (Fsp3) is 0.250. The molecule has 2 aliphatic rings. The second-order valence-electron chi connectivity index (χ2n) is 3.51. The Kier molecular flexibility index (Phi) is 3.24. The first-order valence-electron chi connectivity index (χ1n) is 5.19. The summed E-state index contributed by atoms with van der Waals surface area (Å²) in [7, 11) is 0. The lowest BCUT2D eigenvalue weighted by Crippen LogP contribution is -2.27. The van der Waals surface area contributed by atoms with E-state index in [2.05, 4.69) is 4.99 Å². The summed E-state index contributed by atoms with van der Waals surface area (Å²) in [5, 5.41) is 0.180. The van der Waals surface area contributed by atoms with Gasteiger partial charge in [-0.15, -0.1) is 0 Å². The van der Waals surface area contributed by atoms with Crippen molar-refractivity contribution < 1.29 is 14.3 Å². The lowest BCUT2D eigenvalue weighted by atomic mass is 9.92. The van der Waals surface area contributed by atoms with Crippen molar-refractivity contribution in [3.63, 3.8) is 0 Å². The van der Waals surface area contributed by atoms with Gasteiger partial charge in [0.25, 0.3) is 5.91 Å². The number of amides is 1. The number of carbonyl (C=O) groups excluding carboxylic acids is 2. The Morgan fingerprint density at radius 2 is 2.29 bits per heavy atom. The second-order valence-corrected chi connectivity index (χ2v) is 3.91. The molecule has 1 amide bonds. The minimum atomic E-state index is -0.715. The van der Waals surface area contributed by atoms with Crippen LogP contribution in [0.5, 0.6) is 0 Å². The monoisotopic (exact) mass is 251 g/mol. The second kappa shape index (κ2) is 4.67. The molecule has 1 aliphatic heterocycles. The Morgan fingerprint density at radius 3 is 3.00 bits per heavy atom. The van der Waals surface area contributed by atoms with Crippen LogP contribution >= 0.6 is 11.6 Å². The topological polar surface area (TPSA) is 55.7 Å². The Bertz CT molecular complexity index is 500. The molecule has 1 heterocycles. The number of allylic oxidation sites excluding steroid dienone is 5. The van der Waals surface area contributed by atoms with E-state index in [-0.39, 0.29) is 23.1 Å². The van der Waals surface area contributed by atoms with Crippen LogP contribution < -0.4 is 0 Å². The smallest absolute Gasteiger partial charge is 0.345 e. The van der Waals surface area contributed by atoms with Crippen LogP contribution in [0.15, 0.2) is 39.9 Å². The van der Waals surface area contributed by atoms with Crippen LogP contribution in [0.25, 0.3) is 0 Å². The van der Waals surface area contributed by atoms with E-state index < -0.39 is 11.9 Å². The molecule has 0 radical (unpaired) electrons. The molecule has 0 N–H and O–H groups in total. The lowest BCUT2D eigenvalue weighted by Gasteiger charge is -2.21. The van der Waals surface area contributed by atoms with Crippen LogP contribution in [-0.2, 0) is 14.3 Å². The molecule has 0 saturated heterocycles. The summed E-state index contributed by atoms with van der Waals surface area (Å²) in [6.07, 6.45) is 7.05. The summed E-state index contributed by atoms with van der Waals surface area (Å²) in [5.74, 6) is -1.67. The maximum Gasteiger partial charge on any atom is 0.345 e. The van der Waals surface area contributed by atoms with Gasteiger partial charge in [-0.25, -0.2) is 9.79 Å². The molecule has 0 aromatic heterocycles. The third-order valence-corrected chi connectivity index (χ3v) is 2.86. The van der Waals surface area contributed by atoms with Gasteiger partial charge in [-0.2, -0.15) is 0 Å². The molecule has 0 spiro atoms. The Balaban J connectivity index is 2.39. The Morgan fingerprint density at radius 1 is 1.53 bits per heavy atom. The van der Waals surface area contributed by atoms with Crippen molar-refractivity contribution in [3.05, 3.63) is 34.9 Å². The number of aliphatic imine (C=N–C) groups is 1. The van der Waals surface area contributed by atoms with Crippen LogP contribution in [0, 0.1) is 5.92 Å². The highest BCUT2D eigenvalue weighted by Crippen LogP contribution is 2.30. The molecular formula is C12H10ClNO3. The number of rotatable bonds is 2. The summed E-state index contributed by atoms with van der Waals surface area (Å²) < 4.78 is 4.79. The molecule has 0 aromatic carbocycles. The quantitative estimate of drug-likeness (QED) is 0.555. The number of ether oxygens (including phenoxy) is 1. The van der Waals surface area contributed by atoms with Crippen LogP contribution in [0.2, 0.25) is 0 Å². The van der Waals surface area contributed by atoms with Crippen LogP contribution in [-0.4, -0.2) is 24.2 Å². The van der Waals surface area contributed by atoms with E-state index in [9.17, 15) is 9.59 Å². The van der Waals surface area contributed by atoms with Gasteiger partial charge in [0, 0.05) is 0 Å². The number of fused-ring (bicyclic) bond motifs is 1. The summed E-state index contributed by atoms with van der Waals surface area (Å²) >= 11 is 6.07. The molecule has 1 aliphatic carbocycles. The van der Waals surface area contributed by atoms with E-state index in [0.29, 0.717) is 5.71 Å². The summed E-state index contributed by atoms with van der Waals surface area (Å²) in [5.41, 5.74) is 0.387. The number of carbonyl (C=O) groups is 2. The average Bonchev–Trinajstić information content (AvgIpc) is 2.29. The molecule has 1 atom stereocenters. The maximum atomic E-state index is 11.7. The molecule has 0 aromatic rings. The molecule has 2 rings (SSSR count). The third-order valence-electron chi connectivity index (χ3n) is 2.44. The molecule has 5 heteroatoms. The maximum absolute atomic E-state index is 11.7. The van der Waals surface area contributed by atoms with Gasteiger partial charge in [0.1, 0.15) is 5.57 Å². The molecular weight excluding hydrogens is 242 g/mol. The van der Waals surface area contributed by atoms with E-state index in [1.54, 1.807) is 31.2 Å².